The normalized spacial score (nSPS) is 12.7. The van der Waals surface area contributed by atoms with Crippen molar-refractivity contribution in [3.8, 4) is 5.75 Å². The van der Waals surface area contributed by atoms with Crippen LogP contribution in [0, 0.1) is 13.8 Å². The molecule has 18 nitrogen and oxygen atoms in total. The third kappa shape index (κ3) is 8.17. The highest BCUT2D eigenvalue weighted by Crippen LogP contribution is 2.33. The maximum atomic E-state index is 13.4. The van der Waals surface area contributed by atoms with E-state index in [9.17, 15) is 24.6 Å². The standard InChI is InChI=1S/C36H40N10O8S/c1-5-22-28(53-18(3)40-22)33(50)43-35-42-24-14-20(30(37)48)15-25(52-13-9-12-47)27(24)45(35)10-7-8-11-46-32-26(16-21(17-39-32)31(38)49)55-36(46)44-34(51)29-23(6-2)41-19(4)54-29/h7-8,14-17,33,47,50H,5-6,9-13H2,1-4H3,(H2,37,48)(H2,38,49)(H,42,43)/b8-7+,44-36-. The molecule has 5 aromatic heterocycles. The monoisotopic (exact) mass is 772 g/mol. The second-order valence-electron chi connectivity index (χ2n) is 12.3. The zero-order valence-electron chi connectivity index (χ0n) is 30.5. The Labute approximate surface area is 317 Å². The summed E-state index contributed by atoms with van der Waals surface area (Å²) in [5.41, 5.74) is 13.9. The Bertz CT molecular complexity index is 2510. The number of benzene rings is 1. The summed E-state index contributed by atoms with van der Waals surface area (Å²) in [6.45, 7) is 7.47. The molecule has 3 amide bonds. The molecule has 1 aromatic carbocycles. The molecule has 5 heterocycles. The van der Waals surface area contributed by atoms with Crippen molar-refractivity contribution in [1.29, 1.82) is 0 Å². The number of rotatable bonds is 16. The highest BCUT2D eigenvalue weighted by atomic mass is 32.1. The summed E-state index contributed by atoms with van der Waals surface area (Å²) in [7, 11) is 0. The molecule has 6 rings (SSSR count). The van der Waals surface area contributed by atoms with Crippen LogP contribution in [0.15, 0.2) is 50.4 Å². The summed E-state index contributed by atoms with van der Waals surface area (Å²) in [4.78, 5) is 60.0. The van der Waals surface area contributed by atoms with Gasteiger partial charge in [-0.25, -0.2) is 19.9 Å². The van der Waals surface area contributed by atoms with Crippen LogP contribution in [-0.2, 0) is 25.9 Å². The second kappa shape index (κ2) is 16.5. The molecule has 0 fully saturated rings. The van der Waals surface area contributed by atoms with Gasteiger partial charge in [-0.3, -0.25) is 19.0 Å². The predicted molar refractivity (Wildman–Crippen MR) is 200 cm³/mol. The number of anilines is 1. The van der Waals surface area contributed by atoms with Gasteiger partial charge in [0.2, 0.25) is 23.5 Å². The van der Waals surface area contributed by atoms with Crippen LogP contribution < -0.4 is 26.3 Å². The fourth-order valence-electron chi connectivity index (χ4n) is 5.87. The summed E-state index contributed by atoms with van der Waals surface area (Å²) in [6.07, 6.45) is 4.98. The second-order valence-corrected chi connectivity index (χ2v) is 13.3. The van der Waals surface area contributed by atoms with Crippen molar-refractivity contribution in [2.75, 3.05) is 18.5 Å². The summed E-state index contributed by atoms with van der Waals surface area (Å²) in [6, 6.07) is 4.62. The van der Waals surface area contributed by atoms with Gasteiger partial charge < -0.3 is 45.1 Å². The number of nitrogens with one attached hydrogen (secondary N) is 1. The van der Waals surface area contributed by atoms with E-state index < -0.39 is 23.9 Å². The summed E-state index contributed by atoms with van der Waals surface area (Å²) < 4.78 is 21.3. The van der Waals surface area contributed by atoms with Crippen LogP contribution in [0.5, 0.6) is 5.75 Å². The lowest BCUT2D eigenvalue weighted by molar-refractivity contribution is 0.0966. The number of fused-ring (bicyclic) bond motifs is 2. The minimum Gasteiger partial charge on any atom is -0.491 e. The van der Waals surface area contributed by atoms with E-state index in [1.165, 1.54) is 18.3 Å². The first kappa shape index (κ1) is 38.5. The highest BCUT2D eigenvalue weighted by molar-refractivity contribution is 7.16. The number of nitrogens with two attached hydrogens (primary N) is 2. The van der Waals surface area contributed by atoms with Gasteiger partial charge in [-0.1, -0.05) is 37.3 Å². The average Bonchev–Trinajstić information content (AvgIpc) is 3.92. The zero-order valence-corrected chi connectivity index (χ0v) is 31.3. The number of carbonyl (C=O) groups is 3. The smallest absolute Gasteiger partial charge is 0.317 e. The van der Waals surface area contributed by atoms with Gasteiger partial charge in [-0.2, -0.15) is 4.99 Å². The number of allylic oxidation sites excluding steroid dienone is 2. The quantitative estimate of drug-likeness (QED) is 0.0538. The summed E-state index contributed by atoms with van der Waals surface area (Å²) in [5.74, 6) is -0.449. The van der Waals surface area contributed by atoms with Crippen LogP contribution in [-0.4, -0.2) is 70.2 Å². The topological polar surface area (TPSA) is 265 Å². The molecule has 0 saturated carbocycles. The maximum absolute atomic E-state index is 13.4. The van der Waals surface area contributed by atoms with Crippen LogP contribution in [0.4, 0.5) is 5.95 Å². The Balaban J connectivity index is 1.40. The molecule has 288 valence electrons. The van der Waals surface area contributed by atoms with E-state index >= 15 is 0 Å². The number of oxazole rings is 2. The first-order valence-electron chi connectivity index (χ1n) is 17.4. The molecular weight excluding hydrogens is 733 g/mol. The molecule has 0 aliphatic carbocycles. The molecule has 0 spiro atoms. The van der Waals surface area contributed by atoms with Gasteiger partial charge in [0.15, 0.2) is 34.2 Å². The van der Waals surface area contributed by atoms with Crippen LogP contribution in [0.2, 0.25) is 0 Å². The van der Waals surface area contributed by atoms with Gasteiger partial charge >= 0.3 is 5.91 Å². The summed E-state index contributed by atoms with van der Waals surface area (Å²) >= 11 is 1.15. The minimum absolute atomic E-state index is 0.0441. The number of carbonyl (C=O) groups excluding carboxylic acids is 3. The molecule has 0 aliphatic heterocycles. The van der Waals surface area contributed by atoms with E-state index in [1.54, 1.807) is 29.0 Å². The van der Waals surface area contributed by atoms with Crippen molar-refractivity contribution in [3.05, 3.63) is 87.2 Å². The number of imidazole rings is 1. The molecule has 6 aromatic rings. The van der Waals surface area contributed by atoms with Crippen molar-refractivity contribution in [2.45, 2.75) is 66.3 Å². The molecule has 1 unspecified atom stereocenters. The molecule has 0 radical (unpaired) electrons. The third-order valence-corrected chi connectivity index (χ3v) is 9.43. The number of aliphatic hydroxyl groups is 2. The van der Waals surface area contributed by atoms with Gasteiger partial charge in [0, 0.05) is 51.7 Å². The van der Waals surface area contributed by atoms with Gasteiger partial charge in [-0.15, -0.1) is 0 Å². The molecule has 7 N–H and O–H groups in total. The Morgan fingerprint density at radius 1 is 0.982 bits per heavy atom. The van der Waals surface area contributed by atoms with Gasteiger partial charge in [0.05, 0.1) is 33.8 Å². The minimum atomic E-state index is -1.34. The maximum Gasteiger partial charge on any atom is 0.317 e. The van der Waals surface area contributed by atoms with Crippen LogP contribution in [0.1, 0.15) is 86.7 Å². The lowest BCUT2D eigenvalue weighted by Gasteiger charge is -2.15. The Morgan fingerprint density at radius 3 is 2.36 bits per heavy atom. The number of hydrogen-bond donors (Lipinski definition) is 5. The third-order valence-electron chi connectivity index (χ3n) is 8.41. The van der Waals surface area contributed by atoms with Crippen molar-refractivity contribution < 1.29 is 38.2 Å². The number of hydrogen-bond acceptors (Lipinski definition) is 14. The first-order chi connectivity index (χ1) is 26.4. The Morgan fingerprint density at radius 2 is 1.67 bits per heavy atom. The number of primary amides is 2. The number of aryl methyl sites for hydroxylation is 4. The largest absolute Gasteiger partial charge is 0.491 e. The van der Waals surface area contributed by atoms with Gasteiger partial charge in [-0.05, 0) is 31.0 Å². The molecule has 19 heteroatoms. The van der Waals surface area contributed by atoms with Gasteiger partial charge in [0.25, 0.3) is 0 Å². The number of ether oxygens (including phenoxy) is 1. The fourth-order valence-corrected chi connectivity index (χ4v) is 6.91. The van der Waals surface area contributed by atoms with E-state index in [-0.39, 0.29) is 60.6 Å². The zero-order chi connectivity index (χ0) is 39.4. The SMILES string of the molecule is CCc1nc(C)oc1C(=O)/N=c1\sc2cc(C(N)=O)cnc2n1C/C=C/Cn1c(NC(O)c2oc(C)nc2CC)nc2cc(C(N)=O)cc(OCCCO)c21. The lowest BCUT2D eigenvalue weighted by Crippen LogP contribution is -2.17. The van der Waals surface area contributed by atoms with Crippen molar-refractivity contribution in [2.24, 2.45) is 16.5 Å². The number of nitrogens with zero attached hydrogens (tertiary/aromatic N) is 7. The predicted octanol–water partition coefficient (Wildman–Crippen LogP) is 3.22. The van der Waals surface area contributed by atoms with E-state index in [0.717, 1.165) is 11.3 Å². The van der Waals surface area contributed by atoms with E-state index in [2.05, 4.69) is 25.3 Å². The number of amides is 3. The average molecular weight is 773 g/mol. The Hall–Kier alpha value is -6.18. The highest BCUT2D eigenvalue weighted by Gasteiger charge is 2.24. The van der Waals surface area contributed by atoms with Gasteiger partial charge in [0.1, 0.15) is 11.3 Å². The number of thiazole rings is 1. The molecule has 0 bridgehead atoms. The summed E-state index contributed by atoms with van der Waals surface area (Å²) in [5, 5.41) is 23.7. The van der Waals surface area contributed by atoms with Crippen LogP contribution in [0.25, 0.3) is 21.4 Å². The molecule has 0 aliphatic rings. The van der Waals surface area contributed by atoms with Crippen molar-refractivity contribution >= 4 is 56.4 Å². The lowest BCUT2D eigenvalue weighted by atomic mass is 10.1. The van der Waals surface area contributed by atoms with Crippen molar-refractivity contribution in [3.63, 3.8) is 0 Å². The van der Waals surface area contributed by atoms with E-state index in [4.69, 9.17) is 30.0 Å². The molecule has 0 saturated heterocycles. The number of pyridine rings is 1. The number of aliphatic hydroxyl groups excluding tert-OH is 2. The van der Waals surface area contributed by atoms with Crippen molar-refractivity contribution in [1.82, 2.24) is 29.1 Å². The van der Waals surface area contributed by atoms with Crippen LogP contribution >= 0.6 is 11.3 Å². The number of aromatic nitrogens is 6. The molecular formula is C36H40N10O8S. The van der Waals surface area contributed by atoms with E-state index in [0.29, 0.717) is 68.6 Å². The van der Waals surface area contributed by atoms with Crippen LogP contribution in [0.3, 0.4) is 0 Å². The fraction of sp³-hybridized carbons (Fsp3) is 0.333. The van der Waals surface area contributed by atoms with E-state index in [1.807, 2.05) is 26.0 Å². The molecule has 55 heavy (non-hydrogen) atoms. The molecule has 1 atom stereocenters. The first-order valence-corrected chi connectivity index (χ1v) is 18.2. The Kier molecular flexibility index (Phi) is 11.5.